The van der Waals surface area contributed by atoms with Crippen LogP contribution in [0.5, 0.6) is 0 Å². The van der Waals surface area contributed by atoms with Gasteiger partial charge in [0.1, 0.15) is 16.8 Å². The Bertz CT molecular complexity index is 1280. The van der Waals surface area contributed by atoms with Gasteiger partial charge < -0.3 is 10.4 Å². The molecule has 3 fully saturated rings. The third-order valence-corrected chi connectivity index (χ3v) is 9.84. The number of aryl methyl sites for hydroxylation is 1. The number of carbonyl (C=O) groups excluding carboxylic acids is 1. The minimum Gasteiger partial charge on any atom is -0.380 e. The summed E-state index contributed by atoms with van der Waals surface area (Å²) in [6, 6.07) is -0.768. The molecule has 4 heterocycles. The van der Waals surface area contributed by atoms with Crippen molar-refractivity contribution in [1.29, 1.82) is 0 Å². The molecule has 0 bridgehead atoms. The van der Waals surface area contributed by atoms with E-state index in [4.69, 9.17) is 0 Å². The monoisotopic (exact) mass is 553 g/mol. The molecule has 10 nitrogen and oxygen atoms in total. The molecule has 3 atom stereocenters. The van der Waals surface area contributed by atoms with E-state index in [1.54, 1.807) is 30.3 Å². The number of hydrogen-bond donors (Lipinski definition) is 2. The number of aliphatic hydroxyl groups is 1. The predicted molar refractivity (Wildman–Crippen MR) is 132 cm³/mol. The molecular weight excluding hydrogens is 523 g/mol. The van der Waals surface area contributed by atoms with Crippen LogP contribution in [0, 0.1) is 0 Å². The number of halogens is 3. The van der Waals surface area contributed by atoms with Gasteiger partial charge in [-0.3, -0.25) is 14.4 Å². The van der Waals surface area contributed by atoms with Crippen LogP contribution in [0.1, 0.15) is 56.9 Å². The molecule has 6 rings (SSSR count). The van der Waals surface area contributed by atoms with Gasteiger partial charge in [-0.2, -0.15) is 23.3 Å². The highest BCUT2D eigenvalue weighted by Crippen LogP contribution is 2.58. The second-order valence-electron chi connectivity index (χ2n) is 10.9. The normalized spacial score (nSPS) is 28.5. The lowest BCUT2D eigenvalue weighted by Gasteiger charge is -2.41. The number of amides is 1. The van der Waals surface area contributed by atoms with Gasteiger partial charge in [0.2, 0.25) is 11.9 Å². The number of fused-ring (bicyclic) bond motifs is 2. The molecule has 206 valence electrons. The van der Waals surface area contributed by atoms with Gasteiger partial charge in [0.25, 0.3) is 0 Å². The molecule has 14 heteroatoms. The third kappa shape index (κ3) is 4.20. The average molecular weight is 554 g/mol. The van der Waals surface area contributed by atoms with Gasteiger partial charge in [-0.25, -0.2) is 13.5 Å². The fraction of sp³-hybridized carbons (Fsp3) is 0.667. The Morgan fingerprint density at radius 1 is 1.16 bits per heavy atom. The minimum atomic E-state index is -4.76. The van der Waals surface area contributed by atoms with Crippen molar-refractivity contribution in [2.45, 2.75) is 85.5 Å². The Balaban J connectivity index is 1.18. The highest BCUT2D eigenvalue weighted by Gasteiger charge is 2.63. The molecular formula is C24H30F3N7O3S. The average Bonchev–Trinajstić information content (AvgIpc) is 3.51. The zero-order valence-electron chi connectivity index (χ0n) is 20.9. The zero-order valence-corrected chi connectivity index (χ0v) is 21.8. The molecule has 2 saturated carbocycles. The van der Waals surface area contributed by atoms with Gasteiger partial charge >= 0.3 is 6.18 Å². The Kier molecular flexibility index (Phi) is 6.07. The maximum absolute atomic E-state index is 13.6. The first kappa shape index (κ1) is 25.7. The number of alkyl halides is 3. The molecule has 2 aromatic rings. The Morgan fingerprint density at radius 2 is 1.89 bits per heavy atom. The van der Waals surface area contributed by atoms with Crippen LogP contribution in [0.15, 0.2) is 23.5 Å². The number of hydrogen-bond acceptors (Lipinski definition) is 7. The maximum atomic E-state index is 13.6. The van der Waals surface area contributed by atoms with Crippen molar-refractivity contribution in [3.63, 3.8) is 0 Å². The van der Waals surface area contributed by atoms with E-state index in [-0.39, 0.29) is 24.8 Å². The number of anilines is 2. The molecule has 3 unspecified atom stereocenters. The Labute approximate surface area is 220 Å². The molecule has 2 N–H and O–H groups in total. The smallest absolute Gasteiger partial charge is 0.380 e. The highest BCUT2D eigenvalue weighted by atomic mass is 32.2. The number of aromatic nitrogens is 4. The summed E-state index contributed by atoms with van der Waals surface area (Å²) >= 11 is 0. The highest BCUT2D eigenvalue weighted by molar-refractivity contribution is 7.82. The van der Waals surface area contributed by atoms with E-state index in [1.165, 1.54) is 4.90 Å². The summed E-state index contributed by atoms with van der Waals surface area (Å²) in [5.41, 5.74) is -2.90. The van der Waals surface area contributed by atoms with Crippen LogP contribution in [0.3, 0.4) is 0 Å². The fourth-order valence-electron chi connectivity index (χ4n) is 6.04. The van der Waals surface area contributed by atoms with E-state index in [9.17, 15) is 27.3 Å². The Morgan fingerprint density at radius 3 is 2.53 bits per heavy atom. The van der Waals surface area contributed by atoms with Gasteiger partial charge in [-0.05, 0) is 44.9 Å². The van der Waals surface area contributed by atoms with Gasteiger partial charge in [-0.1, -0.05) is 0 Å². The van der Waals surface area contributed by atoms with Gasteiger partial charge in [-0.15, -0.1) is 0 Å². The molecule has 0 radical (unpaired) electrons. The zero-order chi connectivity index (χ0) is 26.9. The summed E-state index contributed by atoms with van der Waals surface area (Å²) in [5.74, 6) is 0.436. The van der Waals surface area contributed by atoms with Crippen molar-refractivity contribution in [3.05, 3.63) is 24.2 Å². The SMILES string of the molecule is Cn1cc(S(=O)N2CCC(Nc3ncc4c(n3)N(C3CCCC(O)(C(F)(F)F)C3)C(=O)C43CC3)CC2)cn1. The van der Waals surface area contributed by atoms with Crippen molar-refractivity contribution in [1.82, 2.24) is 24.1 Å². The van der Waals surface area contributed by atoms with Crippen molar-refractivity contribution < 1.29 is 27.3 Å². The van der Waals surface area contributed by atoms with Crippen LogP contribution in [0.4, 0.5) is 24.9 Å². The molecule has 2 aliphatic heterocycles. The molecule has 2 aromatic heterocycles. The first-order valence-electron chi connectivity index (χ1n) is 12.9. The largest absolute Gasteiger partial charge is 0.417 e. The summed E-state index contributed by atoms with van der Waals surface area (Å²) in [6.07, 6.45) is 2.44. The summed E-state index contributed by atoms with van der Waals surface area (Å²) in [5, 5.41) is 17.8. The van der Waals surface area contributed by atoms with Crippen LogP contribution >= 0.6 is 0 Å². The third-order valence-electron chi connectivity index (χ3n) is 8.39. The summed E-state index contributed by atoms with van der Waals surface area (Å²) in [4.78, 5) is 24.6. The summed E-state index contributed by atoms with van der Waals surface area (Å²) in [7, 11) is 0.485. The summed E-state index contributed by atoms with van der Waals surface area (Å²) in [6.45, 7) is 1.19. The lowest BCUT2D eigenvalue weighted by Crippen LogP contribution is -2.54. The van der Waals surface area contributed by atoms with E-state index >= 15 is 0 Å². The van der Waals surface area contributed by atoms with Gasteiger partial charge in [0.15, 0.2) is 5.60 Å². The quantitative estimate of drug-likeness (QED) is 0.584. The molecule has 1 spiro atoms. The molecule has 1 saturated heterocycles. The lowest BCUT2D eigenvalue weighted by atomic mass is 9.80. The van der Waals surface area contributed by atoms with Gasteiger partial charge in [0.05, 0.1) is 16.5 Å². The lowest BCUT2D eigenvalue weighted by molar-refractivity contribution is -0.270. The molecule has 1 amide bonds. The second-order valence-corrected chi connectivity index (χ2v) is 12.4. The molecule has 0 aromatic carbocycles. The number of piperidine rings is 1. The van der Waals surface area contributed by atoms with E-state index in [0.29, 0.717) is 67.4 Å². The van der Waals surface area contributed by atoms with Crippen molar-refractivity contribution >= 4 is 28.7 Å². The summed E-state index contributed by atoms with van der Waals surface area (Å²) < 4.78 is 57.2. The molecule has 2 aliphatic carbocycles. The van der Waals surface area contributed by atoms with Gasteiger partial charge in [0, 0.05) is 56.6 Å². The van der Waals surface area contributed by atoms with E-state index in [2.05, 4.69) is 20.4 Å². The first-order chi connectivity index (χ1) is 18.0. The number of nitrogens with one attached hydrogen (secondary N) is 1. The standard InChI is InChI=1S/C24H30F3N7O3S/c1-32-14-17(12-29-32)38(37)33-9-4-15(5-10-33)30-21-28-13-18-19(31-21)34(20(35)22(18)7-8-22)16-3-2-6-23(36,11-16)24(25,26)27/h12-16,36H,2-11H2,1H3,(H,28,30,31). The topological polar surface area (TPSA) is 116 Å². The van der Waals surface area contributed by atoms with E-state index in [0.717, 1.165) is 0 Å². The second kappa shape index (κ2) is 8.98. The number of nitrogens with zero attached hydrogens (tertiary/aromatic N) is 6. The van der Waals surface area contributed by atoms with Crippen LogP contribution in [0.25, 0.3) is 0 Å². The minimum absolute atomic E-state index is 0.0145. The fourth-order valence-corrected chi connectivity index (χ4v) is 7.26. The molecule has 38 heavy (non-hydrogen) atoms. The van der Waals surface area contributed by atoms with Crippen molar-refractivity contribution in [2.75, 3.05) is 23.3 Å². The number of carbonyl (C=O) groups is 1. The number of rotatable bonds is 5. The predicted octanol–water partition coefficient (Wildman–Crippen LogP) is 2.42. The van der Waals surface area contributed by atoms with Crippen molar-refractivity contribution in [3.8, 4) is 0 Å². The Hall–Kier alpha value is -2.58. The van der Waals surface area contributed by atoms with Crippen LogP contribution in [-0.2, 0) is 28.2 Å². The van der Waals surface area contributed by atoms with Crippen LogP contribution < -0.4 is 10.2 Å². The maximum Gasteiger partial charge on any atom is 0.417 e. The van der Waals surface area contributed by atoms with E-state index in [1.807, 2.05) is 4.31 Å². The van der Waals surface area contributed by atoms with E-state index < -0.39 is 40.6 Å². The van der Waals surface area contributed by atoms with Crippen LogP contribution in [0.2, 0.25) is 0 Å². The van der Waals surface area contributed by atoms with Crippen LogP contribution in [-0.4, -0.2) is 76.2 Å². The van der Waals surface area contributed by atoms with Crippen molar-refractivity contribution in [2.24, 2.45) is 7.05 Å². The first-order valence-corrected chi connectivity index (χ1v) is 14.0. The molecule has 4 aliphatic rings.